The van der Waals surface area contributed by atoms with Crippen LogP contribution in [0.25, 0.3) is 10.8 Å². The monoisotopic (exact) mass is 470 g/mol. The number of benzene rings is 2. The van der Waals surface area contributed by atoms with Gasteiger partial charge in [0.15, 0.2) is 5.69 Å². The maximum absolute atomic E-state index is 13.2. The van der Waals surface area contributed by atoms with E-state index in [1.165, 1.54) is 21.1 Å². The molecule has 2 aromatic carbocycles. The highest BCUT2D eigenvalue weighted by Crippen LogP contribution is 2.22. The summed E-state index contributed by atoms with van der Waals surface area (Å²) in [5, 5.41) is 7.92. The molecule has 0 atom stereocenters. The van der Waals surface area contributed by atoms with Crippen LogP contribution in [0.2, 0.25) is 0 Å². The van der Waals surface area contributed by atoms with E-state index in [9.17, 15) is 18.0 Å². The quantitative estimate of drug-likeness (QED) is 0.592. The smallest absolute Gasteiger partial charge is 0.276 e. The third-order valence-electron chi connectivity index (χ3n) is 5.32. The molecule has 4 rings (SSSR count). The molecule has 9 nitrogen and oxygen atoms in total. The zero-order valence-electron chi connectivity index (χ0n) is 18.5. The van der Waals surface area contributed by atoms with Crippen molar-refractivity contribution in [3.63, 3.8) is 0 Å². The number of hydrogen-bond donors (Lipinski definition) is 1. The van der Waals surface area contributed by atoms with Gasteiger partial charge in [-0.2, -0.15) is 9.40 Å². The molecular weight excluding hydrogens is 444 g/mol. The van der Waals surface area contributed by atoms with E-state index in [0.717, 1.165) is 0 Å². The summed E-state index contributed by atoms with van der Waals surface area (Å²) in [7, 11) is -3.70. The molecule has 1 saturated heterocycles. The molecule has 0 spiro atoms. The average molecular weight is 471 g/mol. The highest BCUT2D eigenvalue weighted by Gasteiger charge is 2.26. The molecule has 10 heteroatoms. The van der Waals surface area contributed by atoms with Crippen LogP contribution in [0.15, 0.2) is 58.2 Å². The summed E-state index contributed by atoms with van der Waals surface area (Å²) in [4.78, 5) is 26.1. The Morgan fingerprint density at radius 2 is 1.79 bits per heavy atom. The third-order valence-corrected chi connectivity index (χ3v) is 7.22. The van der Waals surface area contributed by atoms with Crippen LogP contribution >= 0.6 is 0 Å². The van der Waals surface area contributed by atoms with E-state index >= 15 is 0 Å². The van der Waals surface area contributed by atoms with Crippen LogP contribution in [0.1, 0.15) is 24.3 Å². The first kappa shape index (κ1) is 23.1. The first-order valence-corrected chi connectivity index (χ1v) is 12.2. The Morgan fingerprint density at radius 1 is 1.09 bits per heavy atom. The lowest BCUT2D eigenvalue weighted by molar-refractivity contribution is 0.0730. The normalized spacial score (nSPS) is 15.1. The predicted octanol–water partition coefficient (Wildman–Crippen LogP) is 2.33. The first-order chi connectivity index (χ1) is 15.8. The summed E-state index contributed by atoms with van der Waals surface area (Å²) >= 11 is 0. The van der Waals surface area contributed by atoms with E-state index in [1.54, 1.807) is 36.4 Å². The molecular formula is C23H26N4O5S. The molecule has 1 fully saturated rings. The van der Waals surface area contributed by atoms with Gasteiger partial charge in [-0.3, -0.25) is 9.59 Å². The van der Waals surface area contributed by atoms with Crippen molar-refractivity contribution in [2.75, 3.05) is 31.6 Å². The Morgan fingerprint density at radius 3 is 2.48 bits per heavy atom. The summed E-state index contributed by atoms with van der Waals surface area (Å²) < 4.78 is 33.8. The van der Waals surface area contributed by atoms with Gasteiger partial charge in [0.05, 0.1) is 23.5 Å². The van der Waals surface area contributed by atoms with Crippen molar-refractivity contribution >= 4 is 32.4 Å². The number of ether oxygens (including phenoxy) is 1. The number of anilines is 1. The molecule has 33 heavy (non-hydrogen) atoms. The maximum atomic E-state index is 13.2. The summed E-state index contributed by atoms with van der Waals surface area (Å²) in [5.74, 6) is -0.362. The summed E-state index contributed by atoms with van der Waals surface area (Å²) in [6, 6.07) is 12.9. The lowest BCUT2D eigenvalue weighted by Gasteiger charge is -2.26. The molecule has 0 saturated carbocycles. The van der Waals surface area contributed by atoms with E-state index in [2.05, 4.69) is 10.4 Å². The van der Waals surface area contributed by atoms with Gasteiger partial charge >= 0.3 is 0 Å². The second-order valence-corrected chi connectivity index (χ2v) is 10.2. The third kappa shape index (κ3) is 4.82. The Kier molecular flexibility index (Phi) is 6.59. The molecule has 2 heterocycles. The van der Waals surface area contributed by atoms with Crippen LogP contribution in [-0.2, 0) is 21.3 Å². The zero-order valence-corrected chi connectivity index (χ0v) is 19.3. The van der Waals surface area contributed by atoms with E-state index in [0.29, 0.717) is 36.2 Å². The van der Waals surface area contributed by atoms with Crippen LogP contribution in [0, 0.1) is 5.92 Å². The Hall–Kier alpha value is -3.08. The predicted molar refractivity (Wildman–Crippen MR) is 125 cm³/mol. The number of fused-ring (bicyclic) bond motifs is 1. The minimum Gasteiger partial charge on any atom is -0.379 e. The van der Waals surface area contributed by atoms with Gasteiger partial charge in [-0.1, -0.05) is 38.1 Å². The molecule has 0 bridgehead atoms. The Labute approximate surface area is 192 Å². The largest absolute Gasteiger partial charge is 0.379 e. The number of nitrogens with one attached hydrogen (secondary N) is 1. The molecule has 1 amide bonds. The fraction of sp³-hybridized carbons (Fsp3) is 0.348. The van der Waals surface area contributed by atoms with E-state index < -0.39 is 15.9 Å². The van der Waals surface area contributed by atoms with E-state index in [4.69, 9.17) is 4.74 Å². The second kappa shape index (κ2) is 9.42. The number of amides is 1. The van der Waals surface area contributed by atoms with Crippen molar-refractivity contribution in [2.24, 2.45) is 5.92 Å². The number of hydrogen-bond acceptors (Lipinski definition) is 6. The SMILES string of the molecule is CC(C)Cn1nc(C(=O)Nc2cccc(S(=O)(=O)N3CCOCC3)c2)c2ccccc2c1=O. The van der Waals surface area contributed by atoms with Gasteiger partial charge in [0.1, 0.15) is 0 Å². The zero-order chi connectivity index (χ0) is 23.6. The highest BCUT2D eigenvalue weighted by molar-refractivity contribution is 7.89. The van der Waals surface area contributed by atoms with Crippen LogP contribution in [0.5, 0.6) is 0 Å². The van der Waals surface area contributed by atoms with E-state index in [1.807, 2.05) is 13.8 Å². The average Bonchev–Trinajstić information content (AvgIpc) is 2.81. The van der Waals surface area contributed by atoms with Crippen molar-refractivity contribution in [2.45, 2.75) is 25.3 Å². The standard InChI is InChI=1S/C23H26N4O5S/c1-16(2)15-27-23(29)20-9-4-3-8-19(20)21(25-27)22(28)24-17-6-5-7-18(14-17)33(30,31)26-10-12-32-13-11-26/h3-9,14,16H,10-13,15H2,1-2H3,(H,24,28). The minimum absolute atomic E-state index is 0.0878. The van der Waals surface area contributed by atoms with Crippen molar-refractivity contribution in [1.82, 2.24) is 14.1 Å². The maximum Gasteiger partial charge on any atom is 0.276 e. The highest BCUT2D eigenvalue weighted by atomic mass is 32.2. The molecule has 1 aromatic heterocycles. The van der Waals surface area contributed by atoms with Crippen molar-refractivity contribution in [1.29, 1.82) is 0 Å². The summed E-state index contributed by atoms with van der Waals surface area (Å²) in [6.45, 7) is 5.56. The summed E-state index contributed by atoms with van der Waals surface area (Å²) in [6.07, 6.45) is 0. The topological polar surface area (TPSA) is 111 Å². The van der Waals surface area contributed by atoms with Crippen LogP contribution < -0.4 is 10.9 Å². The van der Waals surface area contributed by atoms with Crippen LogP contribution in [-0.4, -0.2) is 54.7 Å². The molecule has 1 aliphatic rings. The fourth-order valence-corrected chi connectivity index (χ4v) is 5.19. The molecule has 0 unspecified atom stereocenters. The van der Waals surface area contributed by atoms with Crippen molar-refractivity contribution in [3.05, 3.63) is 64.6 Å². The molecule has 0 aliphatic carbocycles. The van der Waals surface area contributed by atoms with Gasteiger partial charge in [-0.15, -0.1) is 0 Å². The first-order valence-electron chi connectivity index (χ1n) is 10.8. The van der Waals surface area contributed by atoms with Gasteiger partial charge in [-0.05, 0) is 30.2 Å². The molecule has 1 aliphatic heterocycles. The number of carbonyl (C=O) groups excluding carboxylic acids is 1. The second-order valence-electron chi connectivity index (χ2n) is 8.27. The number of sulfonamides is 1. The van der Waals surface area contributed by atoms with Gasteiger partial charge in [0, 0.05) is 30.7 Å². The van der Waals surface area contributed by atoms with Gasteiger partial charge in [0.25, 0.3) is 11.5 Å². The number of rotatable bonds is 6. The minimum atomic E-state index is -3.70. The van der Waals surface area contributed by atoms with Crippen LogP contribution in [0.4, 0.5) is 5.69 Å². The summed E-state index contributed by atoms with van der Waals surface area (Å²) in [5.41, 5.74) is 0.170. The Bertz CT molecular complexity index is 1340. The van der Waals surface area contributed by atoms with Gasteiger partial charge in [0.2, 0.25) is 10.0 Å². The lowest BCUT2D eigenvalue weighted by Crippen LogP contribution is -2.40. The molecule has 174 valence electrons. The molecule has 3 aromatic rings. The van der Waals surface area contributed by atoms with Crippen LogP contribution in [0.3, 0.4) is 0 Å². The van der Waals surface area contributed by atoms with Gasteiger partial charge < -0.3 is 10.1 Å². The number of carbonyl (C=O) groups is 1. The lowest BCUT2D eigenvalue weighted by atomic mass is 10.1. The fourth-order valence-electron chi connectivity index (χ4n) is 3.73. The van der Waals surface area contributed by atoms with E-state index in [-0.39, 0.29) is 35.2 Å². The molecule has 1 N–H and O–H groups in total. The number of aromatic nitrogens is 2. The number of nitrogens with zero attached hydrogens (tertiary/aromatic N) is 3. The van der Waals surface area contributed by atoms with Crippen molar-refractivity contribution in [3.8, 4) is 0 Å². The number of morpholine rings is 1. The van der Waals surface area contributed by atoms with Crippen molar-refractivity contribution < 1.29 is 17.9 Å². The van der Waals surface area contributed by atoms with Gasteiger partial charge in [-0.25, -0.2) is 13.1 Å². The Balaban J connectivity index is 1.67. The molecule has 0 radical (unpaired) electrons.